The number of aliphatic hydroxyl groups excluding tert-OH is 1. The Balaban J connectivity index is 4.35. The van der Waals surface area contributed by atoms with Crippen molar-refractivity contribution in [3.63, 3.8) is 0 Å². The van der Waals surface area contributed by atoms with Crippen LogP contribution in [0.1, 0.15) is 27.7 Å². The third-order valence-corrected chi connectivity index (χ3v) is 2.48. The predicted octanol–water partition coefficient (Wildman–Crippen LogP) is 2.46. The lowest BCUT2D eigenvalue weighted by molar-refractivity contribution is 0.111. The second kappa shape index (κ2) is 3.91. The van der Waals surface area contributed by atoms with E-state index in [1.54, 1.807) is 0 Å². The Bertz CT molecular complexity index is 125. The topological polar surface area (TPSA) is 20.2 Å². The third-order valence-electron chi connectivity index (χ3n) is 2.48. The molecule has 1 nitrogen and oxygen atoms in total. The Labute approximate surface area is 70.1 Å². The maximum Gasteiger partial charge on any atom is 0.0469 e. The maximum absolute atomic E-state index is 9.12. The van der Waals surface area contributed by atoms with Gasteiger partial charge in [-0.15, -0.1) is 6.58 Å². The molecule has 0 aliphatic rings. The molecule has 1 atom stereocenters. The summed E-state index contributed by atoms with van der Waals surface area (Å²) < 4.78 is 0. The molecule has 0 fully saturated rings. The van der Waals surface area contributed by atoms with Gasteiger partial charge >= 0.3 is 0 Å². The van der Waals surface area contributed by atoms with Crippen LogP contribution in [0.15, 0.2) is 12.7 Å². The van der Waals surface area contributed by atoms with Crippen LogP contribution in [0.3, 0.4) is 0 Å². The van der Waals surface area contributed by atoms with Crippen LogP contribution >= 0.6 is 0 Å². The number of rotatable bonds is 4. The fourth-order valence-corrected chi connectivity index (χ4v) is 1.46. The highest BCUT2D eigenvalue weighted by Crippen LogP contribution is 2.32. The minimum absolute atomic E-state index is 0.0446. The van der Waals surface area contributed by atoms with Crippen LogP contribution in [-0.4, -0.2) is 11.7 Å². The van der Waals surface area contributed by atoms with Crippen molar-refractivity contribution in [1.82, 2.24) is 0 Å². The second-order valence-electron chi connectivity index (χ2n) is 4.06. The molecule has 0 unspecified atom stereocenters. The van der Waals surface area contributed by atoms with Gasteiger partial charge in [-0.25, -0.2) is 0 Å². The van der Waals surface area contributed by atoms with Crippen molar-refractivity contribution in [3.05, 3.63) is 12.7 Å². The normalized spacial score (nSPS) is 15.1. The third kappa shape index (κ3) is 2.66. The SMILES string of the molecule is C=CC(C)(C)[C@@H](CO)C(C)C. The van der Waals surface area contributed by atoms with E-state index in [4.69, 9.17) is 5.11 Å². The Kier molecular flexibility index (Phi) is 3.81. The highest BCUT2D eigenvalue weighted by molar-refractivity contribution is 4.93. The standard InChI is InChI=1S/C10H20O/c1-6-10(4,5)9(7-11)8(2)3/h6,8-9,11H,1,7H2,2-5H3/t9-/m0/s1. The molecule has 0 radical (unpaired) electrons. The van der Waals surface area contributed by atoms with Crippen LogP contribution in [-0.2, 0) is 0 Å². The summed E-state index contributed by atoms with van der Waals surface area (Å²) in [7, 11) is 0. The Morgan fingerprint density at radius 2 is 1.91 bits per heavy atom. The van der Waals surface area contributed by atoms with Gasteiger partial charge in [0.25, 0.3) is 0 Å². The van der Waals surface area contributed by atoms with Gasteiger partial charge in [0.2, 0.25) is 0 Å². The molecular formula is C10H20O. The molecule has 66 valence electrons. The summed E-state index contributed by atoms with van der Waals surface area (Å²) in [4.78, 5) is 0. The fraction of sp³-hybridized carbons (Fsp3) is 0.800. The van der Waals surface area contributed by atoms with Crippen LogP contribution in [0, 0.1) is 17.3 Å². The van der Waals surface area contributed by atoms with E-state index in [1.807, 2.05) is 6.08 Å². The molecule has 0 aromatic carbocycles. The van der Waals surface area contributed by atoms with Gasteiger partial charge in [-0.05, 0) is 17.3 Å². The largest absolute Gasteiger partial charge is 0.396 e. The van der Waals surface area contributed by atoms with Crippen molar-refractivity contribution >= 4 is 0 Å². The summed E-state index contributed by atoms with van der Waals surface area (Å²) in [6.45, 7) is 12.5. The minimum atomic E-state index is 0.0446. The van der Waals surface area contributed by atoms with Crippen LogP contribution in [0.25, 0.3) is 0 Å². The molecular weight excluding hydrogens is 136 g/mol. The van der Waals surface area contributed by atoms with E-state index in [-0.39, 0.29) is 12.0 Å². The summed E-state index contributed by atoms with van der Waals surface area (Å²) in [6.07, 6.45) is 1.92. The van der Waals surface area contributed by atoms with Gasteiger partial charge < -0.3 is 5.11 Å². The predicted molar refractivity (Wildman–Crippen MR) is 49.4 cm³/mol. The van der Waals surface area contributed by atoms with Gasteiger partial charge in [-0.2, -0.15) is 0 Å². The maximum atomic E-state index is 9.12. The van der Waals surface area contributed by atoms with Crippen molar-refractivity contribution in [3.8, 4) is 0 Å². The van der Waals surface area contributed by atoms with Crippen LogP contribution in [0.5, 0.6) is 0 Å². The number of hydrogen-bond donors (Lipinski definition) is 1. The van der Waals surface area contributed by atoms with E-state index in [0.29, 0.717) is 11.8 Å². The van der Waals surface area contributed by atoms with Crippen molar-refractivity contribution in [2.75, 3.05) is 6.61 Å². The Hall–Kier alpha value is -0.300. The summed E-state index contributed by atoms with van der Waals surface area (Å²) in [5.41, 5.74) is 0.0446. The van der Waals surface area contributed by atoms with Gasteiger partial charge in [0.1, 0.15) is 0 Å². The fourth-order valence-electron chi connectivity index (χ4n) is 1.46. The molecule has 0 spiro atoms. The molecule has 0 rings (SSSR count). The quantitative estimate of drug-likeness (QED) is 0.620. The molecule has 11 heavy (non-hydrogen) atoms. The van der Waals surface area contributed by atoms with Crippen molar-refractivity contribution in [1.29, 1.82) is 0 Å². The van der Waals surface area contributed by atoms with E-state index in [2.05, 4.69) is 34.3 Å². The molecule has 0 heterocycles. The smallest absolute Gasteiger partial charge is 0.0469 e. The lowest BCUT2D eigenvalue weighted by atomic mass is 9.73. The zero-order valence-corrected chi connectivity index (χ0v) is 8.09. The van der Waals surface area contributed by atoms with Crippen molar-refractivity contribution < 1.29 is 5.11 Å². The summed E-state index contributed by atoms with van der Waals surface area (Å²) in [5, 5.41) is 9.12. The molecule has 0 aromatic heterocycles. The minimum Gasteiger partial charge on any atom is -0.396 e. The molecule has 1 N–H and O–H groups in total. The number of allylic oxidation sites excluding steroid dienone is 1. The molecule has 0 aliphatic carbocycles. The molecule has 0 aliphatic heterocycles. The first-order chi connectivity index (χ1) is 4.95. The van der Waals surface area contributed by atoms with E-state index < -0.39 is 0 Å². The average molecular weight is 156 g/mol. The van der Waals surface area contributed by atoms with E-state index >= 15 is 0 Å². The lowest BCUT2D eigenvalue weighted by Gasteiger charge is -2.33. The summed E-state index contributed by atoms with van der Waals surface area (Å²) in [6, 6.07) is 0. The number of aliphatic hydroxyl groups is 1. The van der Waals surface area contributed by atoms with Gasteiger partial charge in [-0.3, -0.25) is 0 Å². The van der Waals surface area contributed by atoms with Gasteiger partial charge in [0, 0.05) is 6.61 Å². The highest BCUT2D eigenvalue weighted by Gasteiger charge is 2.27. The molecule has 1 heteroatoms. The lowest BCUT2D eigenvalue weighted by Crippen LogP contribution is -2.29. The average Bonchev–Trinajstić information content (AvgIpc) is 1.88. The van der Waals surface area contributed by atoms with Gasteiger partial charge in [-0.1, -0.05) is 33.8 Å². The first-order valence-electron chi connectivity index (χ1n) is 4.20. The summed E-state index contributed by atoms with van der Waals surface area (Å²) >= 11 is 0. The monoisotopic (exact) mass is 156 g/mol. The van der Waals surface area contributed by atoms with Crippen LogP contribution in [0.2, 0.25) is 0 Å². The van der Waals surface area contributed by atoms with Crippen molar-refractivity contribution in [2.24, 2.45) is 17.3 Å². The zero-order valence-electron chi connectivity index (χ0n) is 8.09. The first-order valence-corrected chi connectivity index (χ1v) is 4.20. The van der Waals surface area contributed by atoms with Gasteiger partial charge in [0.15, 0.2) is 0 Å². The number of hydrogen-bond acceptors (Lipinski definition) is 1. The van der Waals surface area contributed by atoms with E-state index in [9.17, 15) is 0 Å². The van der Waals surface area contributed by atoms with Crippen LogP contribution < -0.4 is 0 Å². The van der Waals surface area contributed by atoms with Gasteiger partial charge in [0.05, 0.1) is 0 Å². The second-order valence-corrected chi connectivity index (χ2v) is 4.06. The van der Waals surface area contributed by atoms with E-state index in [0.717, 1.165) is 0 Å². The Morgan fingerprint density at radius 1 is 1.45 bits per heavy atom. The Morgan fingerprint density at radius 3 is 2.00 bits per heavy atom. The zero-order chi connectivity index (χ0) is 9.07. The van der Waals surface area contributed by atoms with E-state index in [1.165, 1.54) is 0 Å². The highest BCUT2D eigenvalue weighted by atomic mass is 16.3. The molecule has 0 saturated heterocycles. The molecule has 0 bridgehead atoms. The van der Waals surface area contributed by atoms with Crippen molar-refractivity contribution in [2.45, 2.75) is 27.7 Å². The first kappa shape index (κ1) is 10.7. The molecule has 0 amide bonds. The molecule has 0 aromatic rings. The van der Waals surface area contributed by atoms with Crippen LogP contribution in [0.4, 0.5) is 0 Å². The molecule has 0 saturated carbocycles. The summed E-state index contributed by atoms with van der Waals surface area (Å²) in [5.74, 6) is 0.827.